The summed E-state index contributed by atoms with van der Waals surface area (Å²) >= 11 is 1.78. The van der Waals surface area contributed by atoms with Gasteiger partial charge in [-0.15, -0.1) is 0 Å². The Morgan fingerprint density at radius 2 is 2.31 bits per heavy atom. The monoisotopic (exact) mass is 192 g/mol. The summed E-state index contributed by atoms with van der Waals surface area (Å²) in [5, 5.41) is 0. The van der Waals surface area contributed by atoms with Crippen LogP contribution < -0.4 is 0 Å². The first-order valence-corrected chi connectivity index (χ1v) is 5.64. The summed E-state index contributed by atoms with van der Waals surface area (Å²) in [6.07, 6.45) is 2.08. The second-order valence-electron chi connectivity index (χ2n) is 3.09. The summed E-state index contributed by atoms with van der Waals surface area (Å²) in [6.45, 7) is 2.09. The van der Waals surface area contributed by atoms with Crippen LogP contribution in [-0.4, -0.2) is 16.2 Å². The average molecular weight is 192 g/mol. The molecule has 0 aliphatic heterocycles. The van der Waals surface area contributed by atoms with E-state index in [-0.39, 0.29) is 0 Å². The number of rotatable bonds is 2. The molecule has 0 bridgehead atoms. The van der Waals surface area contributed by atoms with Gasteiger partial charge in [-0.3, -0.25) is 0 Å². The van der Waals surface area contributed by atoms with Gasteiger partial charge in [-0.25, -0.2) is 4.98 Å². The van der Waals surface area contributed by atoms with Gasteiger partial charge in [0.15, 0.2) is 0 Å². The van der Waals surface area contributed by atoms with E-state index in [4.69, 9.17) is 0 Å². The molecule has 0 unspecified atom stereocenters. The lowest BCUT2D eigenvalue weighted by Gasteiger charge is -1.90. The molecule has 1 aromatic heterocycles. The quantitative estimate of drug-likeness (QED) is 0.792. The van der Waals surface area contributed by atoms with E-state index in [0.29, 0.717) is 0 Å². The van der Waals surface area contributed by atoms with E-state index < -0.39 is 0 Å². The molecular weight excluding hydrogens is 180 g/mol. The summed E-state index contributed by atoms with van der Waals surface area (Å²) < 4.78 is 0. The van der Waals surface area contributed by atoms with Crippen molar-refractivity contribution in [2.24, 2.45) is 0 Å². The van der Waals surface area contributed by atoms with Gasteiger partial charge < -0.3 is 4.98 Å². The molecule has 0 atom stereocenters. The van der Waals surface area contributed by atoms with Crippen LogP contribution in [-0.2, 0) is 5.75 Å². The summed E-state index contributed by atoms with van der Waals surface area (Å²) in [7, 11) is 0. The van der Waals surface area contributed by atoms with Gasteiger partial charge >= 0.3 is 0 Å². The third-order valence-electron chi connectivity index (χ3n) is 2.04. The zero-order valence-corrected chi connectivity index (χ0v) is 8.61. The summed E-state index contributed by atoms with van der Waals surface area (Å²) in [4.78, 5) is 7.83. The predicted molar refractivity (Wildman–Crippen MR) is 58.0 cm³/mol. The van der Waals surface area contributed by atoms with Crippen molar-refractivity contribution in [1.29, 1.82) is 0 Å². The van der Waals surface area contributed by atoms with E-state index in [0.717, 1.165) is 22.6 Å². The van der Waals surface area contributed by atoms with Crippen LogP contribution in [0.25, 0.3) is 11.0 Å². The molecule has 1 heterocycles. The van der Waals surface area contributed by atoms with Gasteiger partial charge in [0.2, 0.25) is 0 Å². The third kappa shape index (κ3) is 1.56. The number of thioether (sulfide) groups is 1. The first-order chi connectivity index (χ1) is 6.31. The highest BCUT2D eigenvalue weighted by Gasteiger charge is 2.02. The SMILES string of the molecule is CSCc1nc2c(C)cccc2[nH]1. The van der Waals surface area contributed by atoms with Crippen molar-refractivity contribution >= 4 is 22.8 Å². The Kier molecular flexibility index (Phi) is 2.27. The Hall–Kier alpha value is -0.960. The van der Waals surface area contributed by atoms with Gasteiger partial charge in [0, 0.05) is 0 Å². The zero-order valence-electron chi connectivity index (χ0n) is 7.79. The fourth-order valence-electron chi connectivity index (χ4n) is 1.43. The normalized spacial score (nSPS) is 10.9. The van der Waals surface area contributed by atoms with Gasteiger partial charge in [-0.05, 0) is 24.8 Å². The topological polar surface area (TPSA) is 28.7 Å². The number of aromatic amines is 1. The fourth-order valence-corrected chi connectivity index (χ4v) is 1.84. The van der Waals surface area contributed by atoms with Crippen molar-refractivity contribution < 1.29 is 0 Å². The highest BCUT2D eigenvalue weighted by molar-refractivity contribution is 7.97. The number of H-pyrrole nitrogens is 1. The van der Waals surface area contributed by atoms with Gasteiger partial charge in [-0.1, -0.05) is 12.1 Å². The van der Waals surface area contributed by atoms with Crippen LogP contribution in [0.3, 0.4) is 0 Å². The molecular formula is C10H12N2S. The van der Waals surface area contributed by atoms with Crippen LogP contribution >= 0.6 is 11.8 Å². The minimum atomic E-state index is 0.952. The molecule has 3 heteroatoms. The minimum absolute atomic E-state index is 0.952. The van der Waals surface area contributed by atoms with Crippen molar-refractivity contribution in [2.75, 3.05) is 6.26 Å². The lowest BCUT2D eigenvalue weighted by Crippen LogP contribution is -1.80. The maximum Gasteiger partial charge on any atom is 0.117 e. The third-order valence-corrected chi connectivity index (χ3v) is 2.61. The van der Waals surface area contributed by atoms with Crippen molar-refractivity contribution in [2.45, 2.75) is 12.7 Å². The molecule has 0 saturated carbocycles. The van der Waals surface area contributed by atoms with Crippen molar-refractivity contribution in [3.05, 3.63) is 29.6 Å². The van der Waals surface area contributed by atoms with Crippen LogP contribution in [0, 0.1) is 6.92 Å². The maximum absolute atomic E-state index is 4.53. The van der Waals surface area contributed by atoms with Crippen molar-refractivity contribution in [1.82, 2.24) is 9.97 Å². The van der Waals surface area contributed by atoms with Crippen molar-refractivity contribution in [3.8, 4) is 0 Å². The van der Waals surface area contributed by atoms with Crippen LogP contribution in [0.15, 0.2) is 18.2 Å². The van der Waals surface area contributed by atoms with Gasteiger partial charge in [-0.2, -0.15) is 11.8 Å². The molecule has 2 nitrogen and oxygen atoms in total. The average Bonchev–Trinajstić information content (AvgIpc) is 2.49. The number of para-hydroxylation sites is 1. The number of aromatic nitrogens is 2. The number of benzene rings is 1. The predicted octanol–water partition coefficient (Wildman–Crippen LogP) is 2.73. The first kappa shape index (κ1) is 8.63. The van der Waals surface area contributed by atoms with E-state index in [1.165, 1.54) is 5.56 Å². The molecule has 1 N–H and O–H groups in total. The Morgan fingerprint density at radius 3 is 3.00 bits per heavy atom. The number of nitrogens with zero attached hydrogens (tertiary/aromatic N) is 1. The largest absolute Gasteiger partial charge is 0.341 e. The van der Waals surface area contributed by atoms with Crippen LogP contribution in [0.1, 0.15) is 11.4 Å². The number of fused-ring (bicyclic) bond motifs is 1. The summed E-state index contributed by atoms with van der Waals surface area (Å²) in [6, 6.07) is 6.21. The second kappa shape index (κ2) is 3.42. The van der Waals surface area contributed by atoms with E-state index >= 15 is 0 Å². The van der Waals surface area contributed by atoms with Crippen molar-refractivity contribution in [3.63, 3.8) is 0 Å². The Bertz CT molecular complexity index is 420. The molecule has 0 fully saturated rings. The molecule has 2 rings (SSSR count). The molecule has 1 aromatic carbocycles. The Balaban J connectivity index is 2.55. The van der Waals surface area contributed by atoms with Gasteiger partial charge in [0.25, 0.3) is 0 Å². The smallest absolute Gasteiger partial charge is 0.117 e. The molecule has 13 heavy (non-hydrogen) atoms. The Labute approximate surface area is 81.8 Å². The lowest BCUT2D eigenvalue weighted by molar-refractivity contribution is 1.14. The standard InChI is InChI=1S/C10H12N2S/c1-7-4-3-5-8-10(7)12-9(11-8)6-13-2/h3-5H,6H2,1-2H3,(H,11,12). The molecule has 0 spiro atoms. The van der Waals surface area contributed by atoms with Gasteiger partial charge in [0.05, 0.1) is 16.8 Å². The molecule has 0 aliphatic rings. The molecule has 2 aromatic rings. The van der Waals surface area contributed by atoms with Crippen LogP contribution in [0.4, 0.5) is 0 Å². The molecule has 68 valence electrons. The summed E-state index contributed by atoms with van der Waals surface area (Å²) in [5.41, 5.74) is 3.48. The molecule has 0 saturated heterocycles. The first-order valence-electron chi connectivity index (χ1n) is 4.24. The maximum atomic E-state index is 4.53. The molecule has 0 aliphatic carbocycles. The number of hydrogen-bond donors (Lipinski definition) is 1. The number of hydrogen-bond acceptors (Lipinski definition) is 2. The lowest BCUT2D eigenvalue weighted by atomic mass is 10.2. The number of aryl methyl sites for hydroxylation is 1. The highest BCUT2D eigenvalue weighted by Crippen LogP contribution is 2.17. The zero-order chi connectivity index (χ0) is 9.26. The van der Waals surface area contributed by atoms with Crippen LogP contribution in [0.2, 0.25) is 0 Å². The highest BCUT2D eigenvalue weighted by atomic mass is 32.2. The number of nitrogens with one attached hydrogen (secondary N) is 1. The molecule has 0 radical (unpaired) electrons. The van der Waals surface area contributed by atoms with Gasteiger partial charge in [0.1, 0.15) is 5.82 Å². The second-order valence-corrected chi connectivity index (χ2v) is 3.95. The van der Waals surface area contributed by atoms with E-state index in [9.17, 15) is 0 Å². The van der Waals surface area contributed by atoms with E-state index in [2.05, 4.69) is 41.3 Å². The summed E-state index contributed by atoms with van der Waals surface area (Å²) in [5.74, 6) is 2.02. The minimum Gasteiger partial charge on any atom is -0.341 e. The molecule has 0 amide bonds. The number of imidazole rings is 1. The fraction of sp³-hybridized carbons (Fsp3) is 0.300. The van der Waals surface area contributed by atoms with E-state index in [1.54, 1.807) is 11.8 Å². The van der Waals surface area contributed by atoms with E-state index in [1.807, 2.05) is 0 Å². The van der Waals surface area contributed by atoms with Crippen LogP contribution in [0.5, 0.6) is 0 Å². The Morgan fingerprint density at radius 1 is 1.46 bits per heavy atom.